The molecule has 0 radical (unpaired) electrons. The summed E-state index contributed by atoms with van der Waals surface area (Å²) in [6, 6.07) is 11.1. The van der Waals surface area contributed by atoms with Gasteiger partial charge >= 0.3 is 0 Å². The third-order valence-electron chi connectivity index (χ3n) is 2.91. The minimum Gasteiger partial charge on any atom is -0.497 e. The van der Waals surface area contributed by atoms with Crippen LogP contribution >= 0.6 is 0 Å². The molecule has 2 aromatic rings. The topological polar surface area (TPSA) is 9.23 Å². The lowest BCUT2D eigenvalue weighted by atomic mass is 9.99. The molecular formula is C15H15FO. The predicted molar refractivity (Wildman–Crippen MR) is 67.9 cm³/mol. The van der Waals surface area contributed by atoms with Crippen LogP contribution in [0.3, 0.4) is 0 Å². The van der Waals surface area contributed by atoms with Gasteiger partial charge in [-0.05, 0) is 60.4 Å². The number of aryl methyl sites for hydroxylation is 2. The van der Waals surface area contributed by atoms with E-state index in [2.05, 4.69) is 0 Å². The van der Waals surface area contributed by atoms with E-state index in [1.165, 1.54) is 6.07 Å². The van der Waals surface area contributed by atoms with Crippen molar-refractivity contribution in [1.29, 1.82) is 0 Å². The molecule has 0 aliphatic heterocycles. The second kappa shape index (κ2) is 4.58. The van der Waals surface area contributed by atoms with E-state index in [1.54, 1.807) is 20.1 Å². The summed E-state index contributed by atoms with van der Waals surface area (Å²) in [5.41, 5.74) is 3.90. The van der Waals surface area contributed by atoms with Gasteiger partial charge < -0.3 is 4.74 Å². The van der Waals surface area contributed by atoms with Gasteiger partial charge in [0, 0.05) is 0 Å². The smallest absolute Gasteiger partial charge is 0.126 e. The summed E-state index contributed by atoms with van der Waals surface area (Å²) in [4.78, 5) is 0. The van der Waals surface area contributed by atoms with Crippen molar-refractivity contribution in [3.63, 3.8) is 0 Å². The molecule has 0 aliphatic rings. The Morgan fingerprint density at radius 1 is 0.941 bits per heavy atom. The molecule has 0 N–H and O–H groups in total. The maximum atomic E-state index is 13.2. The van der Waals surface area contributed by atoms with Gasteiger partial charge in [0.05, 0.1) is 7.11 Å². The maximum absolute atomic E-state index is 13.2. The molecule has 1 nitrogen and oxygen atoms in total. The first-order chi connectivity index (χ1) is 8.11. The number of benzene rings is 2. The Morgan fingerprint density at radius 3 is 2.35 bits per heavy atom. The number of halogens is 1. The largest absolute Gasteiger partial charge is 0.497 e. The van der Waals surface area contributed by atoms with E-state index in [9.17, 15) is 4.39 Å². The zero-order valence-electron chi connectivity index (χ0n) is 10.3. The van der Waals surface area contributed by atoms with Crippen molar-refractivity contribution in [2.45, 2.75) is 13.8 Å². The third-order valence-corrected chi connectivity index (χ3v) is 2.91. The van der Waals surface area contributed by atoms with E-state index in [0.29, 0.717) is 5.56 Å². The van der Waals surface area contributed by atoms with Crippen LogP contribution in [0.5, 0.6) is 5.75 Å². The first kappa shape index (κ1) is 11.6. The van der Waals surface area contributed by atoms with Gasteiger partial charge in [0.2, 0.25) is 0 Å². The standard InChI is InChI=1S/C15H15FO/c1-10-4-6-13(17-3)9-14(10)12-5-7-15(16)11(2)8-12/h4-9H,1-3H3. The summed E-state index contributed by atoms with van der Waals surface area (Å²) >= 11 is 0. The van der Waals surface area contributed by atoms with Gasteiger partial charge in [0.25, 0.3) is 0 Å². The molecule has 0 amide bonds. The van der Waals surface area contributed by atoms with Crippen molar-refractivity contribution in [3.8, 4) is 16.9 Å². The first-order valence-electron chi connectivity index (χ1n) is 5.53. The van der Waals surface area contributed by atoms with Crippen LogP contribution < -0.4 is 4.74 Å². The van der Waals surface area contributed by atoms with Gasteiger partial charge in [0.1, 0.15) is 11.6 Å². The van der Waals surface area contributed by atoms with Crippen LogP contribution in [-0.2, 0) is 0 Å². The molecule has 0 unspecified atom stereocenters. The SMILES string of the molecule is COc1ccc(C)c(-c2ccc(F)c(C)c2)c1. The zero-order valence-corrected chi connectivity index (χ0v) is 10.3. The quantitative estimate of drug-likeness (QED) is 0.754. The van der Waals surface area contributed by atoms with Crippen molar-refractivity contribution < 1.29 is 9.13 Å². The Hall–Kier alpha value is -1.83. The Morgan fingerprint density at radius 2 is 1.71 bits per heavy atom. The molecule has 88 valence electrons. The van der Waals surface area contributed by atoms with Crippen LogP contribution in [0, 0.1) is 19.7 Å². The molecule has 2 heteroatoms. The number of rotatable bonds is 2. The Balaban J connectivity index is 2.55. The predicted octanol–water partition coefficient (Wildman–Crippen LogP) is 4.12. The van der Waals surface area contributed by atoms with Crippen LogP contribution in [0.4, 0.5) is 4.39 Å². The molecule has 2 rings (SSSR count). The lowest BCUT2D eigenvalue weighted by Crippen LogP contribution is -1.89. The normalized spacial score (nSPS) is 10.4. The first-order valence-corrected chi connectivity index (χ1v) is 5.53. The van der Waals surface area contributed by atoms with E-state index < -0.39 is 0 Å². The summed E-state index contributed by atoms with van der Waals surface area (Å²) in [5.74, 6) is 0.641. The molecule has 0 bridgehead atoms. The molecule has 0 aliphatic carbocycles. The Kier molecular flexibility index (Phi) is 3.14. The lowest BCUT2D eigenvalue weighted by Gasteiger charge is -2.09. The van der Waals surface area contributed by atoms with Crippen LogP contribution in [0.2, 0.25) is 0 Å². The molecule has 0 saturated carbocycles. The number of hydrogen-bond donors (Lipinski definition) is 0. The molecule has 2 aromatic carbocycles. The second-order valence-electron chi connectivity index (χ2n) is 4.14. The average molecular weight is 230 g/mol. The highest BCUT2D eigenvalue weighted by atomic mass is 19.1. The summed E-state index contributed by atoms with van der Waals surface area (Å²) in [5, 5.41) is 0. The minimum atomic E-state index is -0.172. The van der Waals surface area contributed by atoms with E-state index in [4.69, 9.17) is 4.74 Å². The second-order valence-corrected chi connectivity index (χ2v) is 4.14. The molecule has 17 heavy (non-hydrogen) atoms. The maximum Gasteiger partial charge on any atom is 0.126 e. The number of hydrogen-bond acceptors (Lipinski definition) is 1. The average Bonchev–Trinajstić information content (AvgIpc) is 2.33. The van der Waals surface area contributed by atoms with E-state index in [-0.39, 0.29) is 5.82 Å². The van der Waals surface area contributed by atoms with Crippen LogP contribution in [0.15, 0.2) is 36.4 Å². The highest BCUT2D eigenvalue weighted by molar-refractivity contribution is 5.69. The van der Waals surface area contributed by atoms with Crippen molar-refractivity contribution in [2.24, 2.45) is 0 Å². The molecule has 0 atom stereocenters. The van der Waals surface area contributed by atoms with E-state index >= 15 is 0 Å². The van der Waals surface area contributed by atoms with Crippen molar-refractivity contribution in [2.75, 3.05) is 7.11 Å². The van der Waals surface area contributed by atoms with Gasteiger partial charge in [0.15, 0.2) is 0 Å². The molecular weight excluding hydrogens is 215 g/mol. The minimum absolute atomic E-state index is 0.172. The summed E-state index contributed by atoms with van der Waals surface area (Å²) in [6.07, 6.45) is 0. The zero-order chi connectivity index (χ0) is 12.4. The van der Waals surface area contributed by atoms with Gasteiger partial charge in [-0.1, -0.05) is 12.1 Å². The number of methoxy groups -OCH3 is 1. The molecule has 0 aromatic heterocycles. The highest BCUT2D eigenvalue weighted by Gasteiger charge is 2.06. The molecule has 0 saturated heterocycles. The van der Waals surface area contributed by atoms with Gasteiger partial charge in [-0.15, -0.1) is 0 Å². The Labute approximate surface area is 101 Å². The fourth-order valence-corrected chi connectivity index (χ4v) is 1.85. The summed E-state index contributed by atoms with van der Waals surface area (Å²) < 4.78 is 18.4. The van der Waals surface area contributed by atoms with Crippen molar-refractivity contribution >= 4 is 0 Å². The Bertz CT molecular complexity index is 547. The monoisotopic (exact) mass is 230 g/mol. The van der Waals surface area contributed by atoms with Crippen LogP contribution in [-0.4, -0.2) is 7.11 Å². The van der Waals surface area contributed by atoms with Crippen molar-refractivity contribution in [3.05, 3.63) is 53.3 Å². The lowest BCUT2D eigenvalue weighted by molar-refractivity contribution is 0.415. The van der Waals surface area contributed by atoms with Gasteiger partial charge in [-0.3, -0.25) is 0 Å². The van der Waals surface area contributed by atoms with Gasteiger partial charge in [-0.2, -0.15) is 0 Å². The van der Waals surface area contributed by atoms with E-state index in [0.717, 1.165) is 22.4 Å². The van der Waals surface area contributed by atoms with Crippen LogP contribution in [0.1, 0.15) is 11.1 Å². The van der Waals surface area contributed by atoms with E-state index in [1.807, 2.05) is 31.2 Å². The molecule has 0 spiro atoms. The van der Waals surface area contributed by atoms with Crippen LogP contribution in [0.25, 0.3) is 11.1 Å². The van der Waals surface area contributed by atoms with Gasteiger partial charge in [-0.25, -0.2) is 4.39 Å². The summed E-state index contributed by atoms with van der Waals surface area (Å²) in [7, 11) is 1.64. The third kappa shape index (κ3) is 2.31. The number of ether oxygens (including phenoxy) is 1. The summed E-state index contributed by atoms with van der Waals surface area (Å²) in [6.45, 7) is 3.81. The fraction of sp³-hybridized carbons (Fsp3) is 0.200. The van der Waals surface area contributed by atoms with Crippen molar-refractivity contribution in [1.82, 2.24) is 0 Å². The molecule has 0 fully saturated rings. The highest BCUT2D eigenvalue weighted by Crippen LogP contribution is 2.28. The molecule has 0 heterocycles. The fourth-order valence-electron chi connectivity index (χ4n) is 1.85.